The third-order valence-electron chi connectivity index (χ3n) is 6.05. The van der Waals surface area contributed by atoms with Gasteiger partial charge in [0.1, 0.15) is 11.6 Å². The lowest BCUT2D eigenvalue weighted by atomic mass is 9.96. The molecule has 1 N–H and O–H groups in total. The van der Waals surface area contributed by atoms with Crippen molar-refractivity contribution in [1.82, 2.24) is 20.0 Å². The highest BCUT2D eigenvalue weighted by Gasteiger charge is 2.31. The number of aryl methyl sites for hydroxylation is 1. The average molecular weight is 494 g/mol. The molecule has 1 aliphatic heterocycles. The number of aromatic nitrogens is 3. The fraction of sp³-hybridized carbons (Fsp3) is 0.240. The van der Waals surface area contributed by atoms with Crippen LogP contribution >= 0.6 is 11.6 Å². The van der Waals surface area contributed by atoms with E-state index in [-0.39, 0.29) is 35.8 Å². The number of nitrogens with zero attached hydrogens (tertiary/aromatic N) is 4. The molecule has 8 nitrogen and oxygen atoms in total. The molecule has 0 radical (unpaired) electrons. The molecule has 1 aromatic carbocycles. The molecule has 10 heteroatoms. The molecule has 0 aliphatic carbocycles. The number of likely N-dealkylation sites (tertiary alicyclic amines) is 1. The average Bonchev–Trinajstić information content (AvgIpc) is 3.25. The third-order valence-corrected chi connectivity index (χ3v) is 6.27. The third kappa shape index (κ3) is 4.72. The van der Waals surface area contributed by atoms with Crippen molar-refractivity contribution in [3.05, 3.63) is 70.8 Å². The molecule has 4 heterocycles. The van der Waals surface area contributed by atoms with Crippen LogP contribution in [0.15, 0.2) is 53.2 Å². The number of rotatable bonds is 4. The number of fused-ring (bicyclic) bond motifs is 1. The molecule has 1 atom stereocenters. The minimum atomic E-state index is -0.386. The van der Waals surface area contributed by atoms with Crippen molar-refractivity contribution in [1.29, 1.82) is 0 Å². The standard InChI is InChI=1S/C25H21ClFN5O3/c1-14-22-19(11-20(29-24(22)35-31-14)15-4-7-18(27)8-5-15)25(34)32-10-2-3-16(13-32)23(33)30-21-9-6-17(26)12-28-21/h4-9,11-12,16H,2-3,10,13H2,1H3,(H,28,30,33). The number of nitrogens with one attached hydrogen (secondary N) is 1. The molecule has 3 aromatic heterocycles. The van der Waals surface area contributed by atoms with E-state index in [1.807, 2.05) is 0 Å². The van der Waals surface area contributed by atoms with Gasteiger partial charge in [0.05, 0.1) is 33.3 Å². The van der Waals surface area contributed by atoms with E-state index in [4.69, 9.17) is 16.1 Å². The number of piperidine rings is 1. The first kappa shape index (κ1) is 22.9. The second kappa shape index (κ2) is 9.42. The summed E-state index contributed by atoms with van der Waals surface area (Å²) >= 11 is 5.86. The predicted octanol–water partition coefficient (Wildman–Crippen LogP) is 4.88. The fourth-order valence-corrected chi connectivity index (χ4v) is 4.37. The van der Waals surface area contributed by atoms with E-state index in [2.05, 4.69) is 20.4 Å². The summed E-state index contributed by atoms with van der Waals surface area (Å²) in [6.07, 6.45) is 2.80. The van der Waals surface area contributed by atoms with Crippen LogP contribution in [0, 0.1) is 18.7 Å². The number of halogens is 2. The highest BCUT2D eigenvalue weighted by molar-refractivity contribution is 6.30. The molecule has 1 aliphatic rings. The van der Waals surface area contributed by atoms with Gasteiger partial charge in [-0.25, -0.2) is 14.4 Å². The number of anilines is 1. The van der Waals surface area contributed by atoms with Gasteiger partial charge in [0.2, 0.25) is 5.91 Å². The Labute approximate surface area is 205 Å². The van der Waals surface area contributed by atoms with Crippen LogP contribution in [0.25, 0.3) is 22.4 Å². The van der Waals surface area contributed by atoms with Gasteiger partial charge in [-0.05, 0) is 62.2 Å². The second-order valence-corrected chi connectivity index (χ2v) is 8.89. The lowest BCUT2D eigenvalue weighted by Crippen LogP contribution is -2.44. The largest absolute Gasteiger partial charge is 0.338 e. The number of pyridine rings is 2. The van der Waals surface area contributed by atoms with E-state index in [9.17, 15) is 14.0 Å². The molecule has 35 heavy (non-hydrogen) atoms. The molecule has 1 unspecified atom stereocenters. The quantitative estimate of drug-likeness (QED) is 0.435. The highest BCUT2D eigenvalue weighted by Crippen LogP contribution is 2.29. The summed E-state index contributed by atoms with van der Waals surface area (Å²) in [4.78, 5) is 36.8. The Hall–Kier alpha value is -3.85. The molecule has 1 saturated heterocycles. The Kier molecular flexibility index (Phi) is 6.17. The lowest BCUT2D eigenvalue weighted by molar-refractivity contribution is -0.121. The molecule has 0 saturated carbocycles. The Bertz CT molecular complexity index is 1410. The van der Waals surface area contributed by atoms with Crippen LogP contribution in [0.2, 0.25) is 5.02 Å². The number of benzene rings is 1. The van der Waals surface area contributed by atoms with Gasteiger partial charge in [-0.15, -0.1) is 0 Å². The van der Waals surface area contributed by atoms with Crippen LogP contribution in [0.5, 0.6) is 0 Å². The van der Waals surface area contributed by atoms with E-state index >= 15 is 0 Å². The summed E-state index contributed by atoms with van der Waals surface area (Å²) in [5.74, 6) is -0.794. The summed E-state index contributed by atoms with van der Waals surface area (Å²) in [5, 5.41) is 7.78. The van der Waals surface area contributed by atoms with Crippen LogP contribution in [0.4, 0.5) is 10.2 Å². The van der Waals surface area contributed by atoms with Gasteiger partial charge < -0.3 is 14.7 Å². The number of hydrogen-bond donors (Lipinski definition) is 1. The Morgan fingerprint density at radius 1 is 1.20 bits per heavy atom. The Balaban J connectivity index is 1.41. The van der Waals surface area contributed by atoms with Gasteiger partial charge in [-0.2, -0.15) is 0 Å². The minimum Gasteiger partial charge on any atom is -0.338 e. The monoisotopic (exact) mass is 493 g/mol. The lowest BCUT2D eigenvalue weighted by Gasteiger charge is -2.32. The second-order valence-electron chi connectivity index (χ2n) is 8.45. The summed E-state index contributed by atoms with van der Waals surface area (Å²) in [6, 6.07) is 10.8. The van der Waals surface area contributed by atoms with Crippen LogP contribution in [-0.4, -0.2) is 44.9 Å². The first-order valence-electron chi connectivity index (χ1n) is 11.1. The fourth-order valence-electron chi connectivity index (χ4n) is 4.26. The normalized spacial score (nSPS) is 15.9. The maximum atomic E-state index is 13.7. The van der Waals surface area contributed by atoms with Crippen molar-refractivity contribution in [2.45, 2.75) is 19.8 Å². The molecule has 5 rings (SSSR count). The molecular formula is C25H21ClFN5O3. The van der Waals surface area contributed by atoms with Gasteiger partial charge in [0.15, 0.2) is 0 Å². The zero-order valence-corrected chi connectivity index (χ0v) is 19.6. The van der Waals surface area contributed by atoms with Crippen molar-refractivity contribution in [2.75, 3.05) is 18.4 Å². The summed E-state index contributed by atoms with van der Waals surface area (Å²) in [5.41, 5.74) is 2.27. The van der Waals surface area contributed by atoms with Crippen molar-refractivity contribution in [2.24, 2.45) is 5.92 Å². The van der Waals surface area contributed by atoms with E-state index in [0.717, 1.165) is 0 Å². The SMILES string of the molecule is Cc1noc2nc(-c3ccc(F)cc3)cc(C(=O)N3CCCC(C(=O)Nc4ccc(Cl)cn4)C3)c12. The number of amides is 2. The number of hydrogen-bond acceptors (Lipinski definition) is 6. The topological polar surface area (TPSA) is 101 Å². The molecule has 1 fully saturated rings. The number of carbonyl (C=O) groups is 2. The molecule has 0 spiro atoms. The van der Waals surface area contributed by atoms with Gasteiger partial charge in [0.25, 0.3) is 11.6 Å². The molecular weight excluding hydrogens is 473 g/mol. The molecule has 0 bridgehead atoms. The van der Waals surface area contributed by atoms with Crippen molar-refractivity contribution < 1.29 is 18.5 Å². The summed E-state index contributed by atoms with van der Waals surface area (Å²) < 4.78 is 18.8. The predicted molar refractivity (Wildman–Crippen MR) is 128 cm³/mol. The molecule has 2 amide bonds. The van der Waals surface area contributed by atoms with E-state index < -0.39 is 0 Å². The zero-order valence-electron chi connectivity index (χ0n) is 18.8. The van der Waals surface area contributed by atoms with Crippen LogP contribution in [-0.2, 0) is 4.79 Å². The maximum Gasteiger partial charge on any atom is 0.259 e. The molecule has 178 valence electrons. The minimum absolute atomic E-state index is 0.203. The summed E-state index contributed by atoms with van der Waals surface area (Å²) in [6.45, 7) is 2.52. The van der Waals surface area contributed by atoms with Crippen LogP contribution in [0.1, 0.15) is 28.9 Å². The highest BCUT2D eigenvalue weighted by atomic mass is 35.5. The Morgan fingerprint density at radius 3 is 2.74 bits per heavy atom. The van der Waals surface area contributed by atoms with Crippen molar-refractivity contribution in [3.8, 4) is 11.3 Å². The summed E-state index contributed by atoms with van der Waals surface area (Å²) in [7, 11) is 0. The Morgan fingerprint density at radius 2 is 2.00 bits per heavy atom. The van der Waals surface area contributed by atoms with Gasteiger partial charge >= 0.3 is 0 Å². The van der Waals surface area contributed by atoms with E-state index in [1.165, 1.54) is 18.3 Å². The molecule has 4 aromatic rings. The maximum absolute atomic E-state index is 13.7. The first-order chi connectivity index (χ1) is 16.9. The van der Waals surface area contributed by atoms with Crippen LogP contribution in [0.3, 0.4) is 0 Å². The smallest absolute Gasteiger partial charge is 0.259 e. The van der Waals surface area contributed by atoms with Gasteiger partial charge in [0, 0.05) is 24.8 Å². The van der Waals surface area contributed by atoms with Crippen LogP contribution < -0.4 is 5.32 Å². The van der Waals surface area contributed by atoms with Crippen molar-refractivity contribution in [3.63, 3.8) is 0 Å². The zero-order chi connectivity index (χ0) is 24.5. The first-order valence-corrected chi connectivity index (χ1v) is 11.5. The van der Waals surface area contributed by atoms with Crippen molar-refractivity contribution >= 4 is 40.3 Å². The van der Waals surface area contributed by atoms with E-state index in [0.29, 0.717) is 58.1 Å². The van der Waals surface area contributed by atoms with E-state index in [1.54, 1.807) is 42.2 Å². The van der Waals surface area contributed by atoms with Gasteiger partial charge in [-0.3, -0.25) is 9.59 Å². The van der Waals surface area contributed by atoms with Gasteiger partial charge in [-0.1, -0.05) is 16.8 Å². The number of carbonyl (C=O) groups excluding carboxylic acids is 2.